The van der Waals surface area contributed by atoms with Gasteiger partial charge in [-0.15, -0.1) is 11.3 Å². The molecule has 2 aromatic heterocycles. The number of benzene rings is 1. The van der Waals surface area contributed by atoms with E-state index >= 15 is 0 Å². The highest BCUT2D eigenvalue weighted by Crippen LogP contribution is 2.27. The molecular weight excluding hydrogens is 470 g/mol. The standard InChI is InChI=1S/C20H23N5O4S3/c1-13(21-20-22-15-7-2-3-8-16(15)31-20)18(26)23-24-19(27)14-6-4-10-25(12-14)32(28,29)17-9-5-11-30-17/h2-3,5,7-9,11,13-14H,4,6,10,12H2,1H3,(H,21,22)(H,23,26)(H,24,27)/t13-,14-/m1/s1. The van der Waals surface area contributed by atoms with Gasteiger partial charge in [0.15, 0.2) is 5.13 Å². The Morgan fingerprint density at radius 2 is 2.00 bits per heavy atom. The van der Waals surface area contributed by atoms with E-state index in [-0.39, 0.29) is 10.8 Å². The summed E-state index contributed by atoms with van der Waals surface area (Å²) in [5, 5.41) is 5.36. The van der Waals surface area contributed by atoms with Gasteiger partial charge < -0.3 is 5.32 Å². The van der Waals surface area contributed by atoms with Crippen molar-refractivity contribution in [3.63, 3.8) is 0 Å². The van der Waals surface area contributed by atoms with Crippen LogP contribution in [0.3, 0.4) is 0 Å². The van der Waals surface area contributed by atoms with E-state index in [1.54, 1.807) is 24.4 Å². The Labute approximate surface area is 193 Å². The molecule has 1 aromatic carbocycles. The monoisotopic (exact) mass is 493 g/mol. The lowest BCUT2D eigenvalue weighted by atomic mass is 9.99. The minimum atomic E-state index is -3.61. The predicted octanol–water partition coefficient (Wildman–Crippen LogP) is 2.41. The molecule has 32 heavy (non-hydrogen) atoms. The molecule has 0 aliphatic carbocycles. The number of hydrazine groups is 1. The number of thiazole rings is 1. The predicted molar refractivity (Wildman–Crippen MR) is 125 cm³/mol. The van der Waals surface area contributed by atoms with Crippen molar-refractivity contribution in [2.24, 2.45) is 5.92 Å². The molecule has 3 heterocycles. The first-order chi connectivity index (χ1) is 15.3. The third kappa shape index (κ3) is 4.93. The molecule has 2 amide bonds. The zero-order valence-electron chi connectivity index (χ0n) is 17.3. The fraction of sp³-hybridized carbons (Fsp3) is 0.350. The maximum Gasteiger partial charge on any atom is 0.260 e. The summed E-state index contributed by atoms with van der Waals surface area (Å²) < 4.78 is 28.1. The van der Waals surface area contributed by atoms with Crippen molar-refractivity contribution in [3.8, 4) is 0 Å². The largest absolute Gasteiger partial charge is 0.350 e. The van der Waals surface area contributed by atoms with Crippen LogP contribution in [0.2, 0.25) is 0 Å². The van der Waals surface area contributed by atoms with Crippen molar-refractivity contribution in [3.05, 3.63) is 41.8 Å². The van der Waals surface area contributed by atoms with E-state index in [0.29, 0.717) is 24.5 Å². The summed E-state index contributed by atoms with van der Waals surface area (Å²) in [5.74, 6) is -1.36. The Morgan fingerprint density at radius 1 is 1.19 bits per heavy atom. The van der Waals surface area contributed by atoms with Crippen LogP contribution in [0.4, 0.5) is 5.13 Å². The zero-order chi connectivity index (χ0) is 22.7. The molecule has 0 unspecified atom stereocenters. The number of fused-ring (bicyclic) bond motifs is 1. The van der Waals surface area contributed by atoms with E-state index in [0.717, 1.165) is 21.6 Å². The van der Waals surface area contributed by atoms with Crippen LogP contribution in [0.25, 0.3) is 10.2 Å². The lowest BCUT2D eigenvalue weighted by Crippen LogP contribution is -2.52. The normalized spacial score (nSPS) is 18.2. The van der Waals surface area contributed by atoms with E-state index < -0.39 is 33.8 Å². The molecule has 1 aliphatic rings. The van der Waals surface area contributed by atoms with Gasteiger partial charge >= 0.3 is 0 Å². The van der Waals surface area contributed by atoms with Crippen molar-refractivity contribution in [1.29, 1.82) is 0 Å². The highest BCUT2D eigenvalue weighted by atomic mass is 32.2. The molecule has 12 heteroatoms. The summed E-state index contributed by atoms with van der Waals surface area (Å²) in [4.78, 5) is 29.4. The van der Waals surface area contributed by atoms with Gasteiger partial charge in [0.1, 0.15) is 10.3 Å². The van der Waals surface area contributed by atoms with Gasteiger partial charge in [0, 0.05) is 13.1 Å². The Hall–Kier alpha value is -2.54. The topological polar surface area (TPSA) is 120 Å². The Kier molecular flexibility index (Phi) is 6.74. The highest BCUT2D eigenvalue weighted by Gasteiger charge is 2.34. The number of carbonyl (C=O) groups excluding carboxylic acids is 2. The van der Waals surface area contributed by atoms with Gasteiger partial charge in [-0.1, -0.05) is 29.5 Å². The lowest BCUT2D eigenvalue weighted by molar-refractivity contribution is -0.132. The number of nitrogens with one attached hydrogen (secondary N) is 3. The van der Waals surface area contributed by atoms with Gasteiger partial charge in [0.2, 0.25) is 5.91 Å². The lowest BCUT2D eigenvalue weighted by Gasteiger charge is -2.30. The van der Waals surface area contributed by atoms with Crippen molar-refractivity contribution in [2.45, 2.75) is 30.0 Å². The number of rotatable bonds is 6. The molecule has 170 valence electrons. The maximum atomic E-state index is 12.7. The third-order valence-electron chi connectivity index (χ3n) is 5.18. The van der Waals surface area contributed by atoms with Gasteiger partial charge in [0.05, 0.1) is 16.1 Å². The Balaban J connectivity index is 1.30. The summed E-state index contributed by atoms with van der Waals surface area (Å²) in [6.45, 7) is 2.13. The number of thiophene rings is 1. The first-order valence-electron chi connectivity index (χ1n) is 10.1. The molecule has 3 aromatic rings. The molecule has 9 nitrogen and oxygen atoms in total. The van der Waals surface area contributed by atoms with Gasteiger partial charge in [-0.2, -0.15) is 4.31 Å². The number of hydrogen-bond donors (Lipinski definition) is 3. The first kappa shape index (κ1) is 22.6. The van der Waals surface area contributed by atoms with Crippen LogP contribution < -0.4 is 16.2 Å². The summed E-state index contributed by atoms with van der Waals surface area (Å²) in [6, 6.07) is 10.3. The van der Waals surface area contributed by atoms with Crippen LogP contribution in [0.5, 0.6) is 0 Å². The Morgan fingerprint density at radius 3 is 2.75 bits per heavy atom. The van der Waals surface area contributed by atoms with Gasteiger partial charge in [-0.05, 0) is 43.3 Å². The van der Waals surface area contributed by atoms with E-state index in [1.165, 1.54) is 15.6 Å². The highest BCUT2D eigenvalue weighted by molar-refractivity contribution is 7.91. The van der Waals surface area contributed by atoms with Crippen LogP contribution in [0, 0.1) is 5.92 Å². The van der Waals surface area contributed by atoms with Crippen LogP contribution in [0.1, 0.15) is 19.8 Å². The smallest absolute Gasteiger partial charge is 0.260 e. The van der Waals surface area contributed by atoms with Crippen molar-refractivity contribution in [1.82, 2.24) is 20.1 Å². The second-order valence-corrected chi connectivity index (χ2v) is 11.6. The van der Waals surface area contributed by atoms with E-state index in [2.05, 4.69) is 21.2 Å². The van der Waals surface area contributed by atoms with Gasteiger partial charge in [-0.25, -0.2) is 13.4 Å². The number of para-hydroxylation sites is 1. The number of piperidine rings is 1. The Bertz CT molecular complexity index is 1180. The molecule has 1 fully saturated rings. The van der Waals surface area contributed by atoms with Gasteiger partial charge in [-0.3, -0.25) is 20.4 Å². The summed E-state index contributed by atoms with van der Waals surface area (Å²) in [7, 11) is -3.61. The average Bonchev–Trinajstić information content (AvgIpc) is 3.47. The first-order valence-corrected chi connectivity index (χ1v) is 13.2. The molecule has 2 atom stereocenters. The number of hydrogen-bond acceptors (Lipinski definition) is 8. The molecule has 0 bridgehead atoms. The zero-order valence-corrected chi connectivity index (χ0v) is 19.7. The molecule has 0 spiro atoms. The van der Waals surface area contributed by atoms with Crippen LogP contribution in [-0.4, -0.2) is 48.7 Å². The summed E-state index contributed by atoms with van der Waals surface area (Å²) >= 11 is 2.59. The number of anilines is 1. The van der Waals surface area contributed by atoms with Gasteiger partial charge in [0.25, 0.3) is 15.9 Å². The molecule has 4 rings (SSSR count). The number of nitrogens with zero attached hydrogens (tertiary/aromatic N) is 2. The second kappa shape index (κ2) is 9.53. The van der Waals surface area contributed by atoms with E-state index in [4.69, 9.17) is 0 Å². The second-order valence-electron chi connectivity index (χ2n) is 7.47. The number of aromatic nitrogens is 1. The quantitative estimate of drug-likeness (QED) is 0.454. The molecule has 1 aliphatic heterocycles. The minimum Gasteiger partial charge on any atom is -0.350 e. The fourth-order valence-electron chi connectivity index (χ4n) is 3.43. The SMILES string of the molecule is C[C@@H](Nc1nc2ccccc2s1)C(=O)NNC(=O)[C@@H]1CCCN(S(=O)(=O)c2cccs2)C1. The minimum absolute atomic E-state index is 0.0848. The van der Waals surface area contributed by atoms with Crippen molar-refractivity contribution in [2.75, 3.05) is 18.4 Å². The molecule has 3 N–H and O–H groups in total. The number of carbonyl (C=O) groups is 2. The van der Waals surface area contributed by atoms with Crippen LogP contribution >= 0.6 is 22.7 Å². The molecule has 0 saturated carbocycles. The van der Waals surface area contributed by atoms with Crippen LogP contribution in [-0.2, 0) is 19.6 Å². The molecule has 1 saturated heterocycles. The number of sulfonamides is 1. The van der Waals surface area contributed by atoms with Crippen LogP contribution in [0.15, 0.2) is 46.0 Å². The molecule has 0 radical (unpaired) electrons. The number of amides is 2. The van der Waals surface area contributed by atoms with Crippen molar-refractivity contribution >= 4 is 59.9 Å². The third-order valence-corrected chi connectivity index (χ3v) is 9.39. The average molecular weight is 494 g/mol. The van der Waals surface area contributed by atoms with E-state index in [1.807, 2.05) is 24.3 Å². The van der Waals surface area contributed by atoms with E-state index in [9.17, 15) is 18.0 Å². The van der Waals surface area contributed by atoms with Crippen molar-refractivity contribution < 1.29 is 18.0 Å². The summed E-state index contributed by atoms with van der Waals surface area (Å²) in [5.41, 5.74) is 5.71. The molecular formula is C20H23N5O4S3. The maximum absolute atomic E-state index is 12.7. The fourth-order valence-corrected chi connectivity index (χ4v) is 7.05. The summed E-state index contributed by atoms with van der Waals surface area (Å²) in [6.07, 6.45) is 1.13.